The molecule has 1 aromatic heterocycles. The maximum Gasteiger partial charge on any atom is 0.193 e. The first-order valence-corrected chi connectivity index (χ1v) is 6.86. The van der Waals surface area contributed by atoms with Gasteiger partial charge >= 0.3 is 0 Å². The number of aromatic nitrogens is 2. The number of anilines is 1. The second-order valence-corrected chi connectivity index (χ2v) is 4.82. The van der Waals surface area contributed by atoms with E-state index >= 15 is 0 Å². The molecule has 0 saturated heterocycles. The van der Waals surface area contributed by atoms with Crippen molar-refractivity contribution in [1.29, 1.82) is 0 Å². The number of guanidine groups is 1. The molecular formula is C14H18ClN5O. The molecule has 2 aromatic rings. The van der Waals surface area contributed by atoms with Gasteiger partial charge in [0.25, 0.3) is 0 Å². The number of nitrogens with two attached hydrogens (primary N) is 1. The van der Waals surface area contributed by atoms with Crippen LogP contribution in [0.5, 0.6) is 5.75 Å². The molecule has 0 saturated carbocycles. The third-order valence-corrected chi connectivity index (χ3v) is 3.27. The summed E-state index contributed by atoms with van der Waals surface area (Å²) >= 11 is 6.05. The molecule has 1 heterocycles. The highest BCUT2D eigenvalue weighted by Gasteiger charge is 2.02. The van der Waals surface area contributed by atoms with Gasteiger partial charge in [-0.3, -0.25) is 4.99 Å². The van der Waals surface area contributed by atoms with Crippen LogP contribution < -0.4 is 15.8 Å². The van der Waals surface area contributed by atoms with Gasteiger partial charge < -0.3 is 20.4 Å². The fourth-order valence-corrected chi connectivity index (χ4v) is 2.11. The average molecular weight is 308 g/mol. The lowest BCUT2D eigenvalue weighted by molar-refractivity contribution is 0.415. The van der Waals surface area contributed by atoms with Crippen LogP contribution in [-0.4, -0.2) is 29.2 Å². The number of rotatable bonds is 5. The van der Waals surface area contributed by atoms with Crippen molar-refractivity contribution in [2.75, 3.05) is 19.0 Å². The van der Waals surface area contributed by atoms with Gasteiger partial charge in [-0.1, -0.05) is 11.6 Å². The van der Waals surface area contributed by atoms with Crippen molar-refractivity contribution >= 4 is 23.2 Å². The normalized spacial score (nSPS) is 11.5. The second kappa shape index (κ2) is 6.99. The van der Waals surface area contributed by atoms with E-state index in [0.717, 1.165) is 18.1 Å². The number of methoxy groups -OCH3 is 1. The molecule has 21 heavy (non-hydrogen) atoms. The summed E-state index contributed by atoms with van der Waals surface area (Å²) in [7, 11) is 1.57. The van der Waals surface area contributed by atoms with E-state index in [0.29, 0.717) is 23.3 Å². The fraction of sp³-hybridized carbons (Fsp3) is 0.286. The summed E-state index contributed by atoms with van der Waals surface area (Å²) in [5.74, 6) is 1.92. The van der Waals surface area contributed by atoms with Crippen molar-refractivity contribution in [2.45, 2.75) is 13.5 Å². The van der Waals surface area contributed by atoms with Crippen LogP contribution in [0.4, 0.5) is 5.69 Å². The standard InChI is InChI=1S/C14H18ClN5O/c1-10-17-5-7-20(10)8-6-18-14(16)19-11-3-4-13(21-2)12(15)9-11/h3-5,7,9H,6,8H2,1-2H3,(H3,16,18,19). The Balaban J connectivity index is 1.91. The van der Waals surface area contributed by atoms with Crippen molar-refractivity contribution in [3.8, 4) is 5.75 Å². The lowest BCUT2D eigenvalue weighted by Gasteiger charge is -2.08. The van der Waals surface area contributed by atoms with Gasteiger partial charge in [0.2, 0.25) is 0 Å². The zero-order chi connectivity index (χ0) is 15.2. The van der Waals surface area contributed by atoms with Crippen LogP contribution in [0.15, 0.2) is 35.6 Å². The summed E-state index contributed by atoms with van der Waals surface area (Å²) in [5.41, 5.74) is 6.61. The second-order valence-electron chi connectivity index (χ2n) is 4.41. The number of nitrogens with one attached hydrogen (secondary N) is 1. The van der Waals surface area contributed by atoms with Crippen LogP contribution in [0.1, 0.15) is 5.82 Å². The molecule has 0 atom stereocenters. The third-order valence-electron chi connectivity index (χ3n) is 2.97. The van der Waals surface area contributed by atoms with E-state index in [4.69, 9.17) is 22.1 Å². The first kappa shape index (κ1) is 15.2. The molecule has 0 spiro atoms. The van der Waals surface area contributed by atoms with Crippen molar-refractivity contribution in [1.82, 2.24) is 9.55 Å². The molecule has 0 bridgehead atoms. The number of aliphatic imine (C=N–C) groups is 1. The fourth-order valence-electron chi connectivity index (χ4n) is 1.85. The van der Waals surface area contributed by atoms with Crippen LogP contribution >= 0.6 is 11.6 Å². The number of benzene rings is 1. The number of aryl methyl sites for hydroxylation is 1. The Labute approximate surface area is 128 Å². The van der Waals surface area contributed by atoms with E-state index in [1.165, 1.54) is 0 Å². The zero-order valence-electron chi connectivity index (χ0n) is 12.0. The number of ether oxygens (including phenoxy) is 1. The monoisotopic (exact) mass is 307 g/mol. The minimum atomic E-state index is 0.342. The molecule has 3 N–H and O–H groups in total. The summed E-state index contributed by atoms with van der Waals surface area (Å²) in [4.78, 5) is 8.42. The van der Waals surface area contributed by atoms with Gasteiger partial charge in [-0.15, -0.1) is 0 Å². The molecule has 112 valence electrons. The van der Waals surface area contributed by atoms with Crippen LogP contribution in [0.25, 0.3) is 0 Å². The highest BCUT2D eigenvalue weighted by Crippen LogP contribution is 2.26. The smallest absolute Gasteiger partial charge is 0.193 e. The maximum atomic E-state index is 6.05. The molecule has 0 aliphatic carbocycles. The Morgan fingerprint density at radius 1 is 1.52 bits per heavy atom. The number of nitrogens with zero attached hydrogens (tertiary/aromatic N) is 3. The Morgan fingerprint density at radius 2 is 2.33 bits per heavy atom. The lowest BCUT2D eigenvalue weighted by atomic mass is 10.3. The van der Waals surface area contributed by atoms with Crippen molar-refractivity contribution in [3.63, 3.8) is 0 Å². The molecule has 0 fully saturated rings. The molecule has 0 amide bonds. The lowest BCUT2D eigenvalue weighted by Crippen LogP contribution is -2.23. The van der Waals surface area contributed by atoms with Crippen molar-refractivity contribution in [3.05, 3.63) is 41.4 Å². The van der Waals surface area contributed by atoms with Crippen LogP contribution in [-0.2, 0) is 6.54 Å². The maximum absolute atomic E-state index is 6.05. The molecule has 2 rings (SSSR count). The van der Waals surface area contributed by atoms with E-state index in [-0.39, 0.29) is 0 Å². The van der Waals surface area contributed by atoms with E-state index < -0.39 is 0 Å². The summed E-state index contributed by atoms with van der Waals surface area (Å²) in [6.45, 7) is 3.25. The molecule has 7 heteroatoms. The first-order chi connectivity index (χ1) is 10.1. The minimum Gasteiger partial charge on any atom is -0.495 e. The Bertz CT molecular complexity index is 638. The van der Waals surface area contributed by atoms with Gasteiger partial charge in [0.1, 0.15) is 11.6 Å². The summed E-state index contributed by atoms with van der Waals surface area (Å²) < 4.78 is 7.11. The largest absolute Gasteiger partial charge is 0.495 e. The minimum absolute atomic E-state index is 0.342. The Hall–Kier alpha value is -2.21. The van der Waals surface area contributed by atoms with E-state index in [9.17, 15) is 0 Å². The average Bonchev–Trinajstić information content (AvgIpc) is 2.85. The van der Waals surface area contributed by atoms with Crippen LogP contribution in [0.3, 0.4) is 0 Å². The predicted octanol–water partition coefficient (Wildman–Crippen LogP) is 2.28. The highest BCUT2D eigenvalue weighted by molar-refractivity contribution is 6.32. The Morgan fingerprint density at radius 3 is 2.95 bits per heavy atom. The SMILES string of the molecule is COc1ccc(NC(N)=NCCn2ccnc2C)cc1Cl. The summed E-state index contributed by atoms with van der Waals surface area (Å²) in [6.07, 6.45) is 3.68. The van der Waals surface area contributed by atoms with Gasteiger partial charge in [-0.25, -0.2) is 4.98 Å². The van der Waals surface area contributed by atoms with Gasteiger partial charge in [0, 0.05) is 24.6 Å². The number of hydrogen-bond donors (Lipinski definition) is 2. The first-order valence-electron chi connectivity index (χ1n) is 6.48. The molecule has 1 aromatic carbocycles. The number of halogens is 1. The van der Waals surface area contributed by atoms with Crippen molar-refractivity contribution in [2.24, 2.45) is 10.7 Å². The van der Waals surface area contributed by atoms with Gasteiger partial charge in [-0.2, -0.15) is 0 Å². The molecule has 0 aliphatic heterocycles. The van der Waals surface area contributed by atoms with E-state index in [2.05, 4.69) is 15.3 Å². The summed E-state index contributed by atoms with van der Waals surface area (Å²) in [5, 5.41) is 3.51. The zero-order valence-corrected chi connectivity index (χ0v) is 12.8. The molecule has 6 nitrogen and oxygen atoms in total. The quantitative estimate of drug-likeness (QED) is 0.656. The number of imidazole rings is 1. The molecule has 0 unspecified atom stereocenters. The molecular weight excluding hydrogens is 290 g/mol. The third kappa shape index (κ3) is 4.13. The molecule has 0 aliphatic rings. The Kier molecular flexibility index (Phi) is 5.05. The van der Waals surface area contributed by atoms with Crippen molar-refractivity contribution < 1.29 is 4.74 Å². The number of hydrogen-bond acceptors (Lipinski definition) is 3. The topological polar surface area (TPSA) is 77.5 Å². The van der Waals surface area contributed by atoms with Gasteiger partial charge in [0.15, 0.2) is 5.96 Å². The van der Waals surface area contributed by atoms with Gasteiger partial charge in [0.05, 0.1) is 18.7 Å². The van der Waals surface area contributed by atoms with E-state index in [1.807, 2.05) is 23.8 Å². The predicted molar refractivity (Wildman–Crippen MR) is 85.1 cm³/mol. The summed E-state index contributed by atoms with van der Waals surface area (Å²) in [6, 6.07) is 5.34. The van der Waals surface area contributed by atoms with Crippen LogP contribution in [0.2, 0.25) is 5.02 Å². The van der Waals surface area contributed by atoms with Crippen LogP contribution in [0, 0.1) is 6.92 Å². The van der Waals surface area contributed by atoms with Gasteiger partial charge in [-0.05, 0) is 25.1 Å². The molecule has 0 radical (unpaired) electrons. The highest BCUT2D eigenvalue weighted by atomic mass is 35.5. The van der Waals surface area contributed by atoms with E-state index in [1.54, 1.807) is 25.4 Å².